The number of rotatable bonds is 2. The molecule has 43 valence electrons. The van der Waals surface area contributed by atoms with Crippen molar-refractivity contribution in [2.24, 2.45) is 0 Å². The summed E-state index contributed by atoms with van der Waals surface area (Å²) >= 11 is 0. The zero-order chi connectivity index (χ0) is 5.86. The van der Waals surface area contributed by atoms with Gasteiger partial charge in [-0.25, -0.2) is 12.7 Å². The van der Waals surface area contributed by atoms with Crippen LogP contribution in [0.15, 0.2) is 0 Å². The summed E-state index contributed by atoms with van der Waals surface area (Å²) in [5.74, 6) is 0. The van der Waals surface area contributed by atoms with Crippen molar-refractivity contribution in [1.82, 2.24) is 4.31 Å². The minimum atomic E-state index is -2.39. The molecule has 0 spiro atoms. The van der Waals surface area contributed by atoms with Crippen LogP contribution in [0.2, 0.25) is 0 Å². The van der Waals surface area contributed by atoms with E-state index in [1.54, 1.807) is 0 Å². The molecule has 0 unspecified atom stereocenters. The van der Waals surface area contributed by atoms with Crippen LogP contribution in [0.25, 0.3) is 0 Å². The molecule has 0 aromatic carbocycles. The molecule has 0 saturated carbocycles. The number of nitrogens with zero attached hydrogens (tertiary/aromatic N) is 1. The van der Waals surface area contributed by atoms with Gasteiger partial charge in [0.1, 0.15) is 0 Å². The Morgan fingerprint density at radius 2 is 2.14 bits per heavy atom. The lowest BCUT2D eigenvalue weighted by molar-refractivity contribution is 0.520. The smallest absolute Gasteiger partial charge is 0.203 e. The Morgan fingerprint density at radius 1 is 1.71 bits per heavy atom. The van der Waals surface area contributed by atoms with E-state index in [4.69, 9.17) is 0 Å². The van der Waals surface area contributed by atoms with Crippen molar-refractivity contribution in [3.63, 3.8) is 0 Å². The molecule has 0 N–H and O–H groups in total. The fraction of sp³-hybridized carbons (Fsp3) is 0.667. The topological polar surface area (TPSA) is 37.4 Å². The Labute approximate surface area is 45.0 Å². The standard InChI is InChI=1S/C3H8NO2S/c1-3-4(2)7(5)6/h7H,1,3H2,2H3. The molecule has 0 aliphatic carbocycles. The summed E-state index contributed by atoms with van der Waals surface area (Å²) < 4.78 is 20.8. The number of hydrogen-bond acceptors (Lipinski definition) is 2. The molecule has 0 saturated heterocycles. The van der Waals surface area contributed by atoms with Crippen molar-refractivity contribution in [3.8, 4) is 0 Å². The monoisotopic (exact) mass is 122 g/mol. The van der Waals surface area contributed by atoms with Gasteiger partial charge in [0.25, 0.3) is 0 Å². The molecule has 0 heterocycles. The van der Waals surface area contributed by atoms with E-state index in [0.29, 0.717) is 6.54 Å². The molecule has 1 radical (unpaired) electrons. The minimum absolute atomic E-state index is 0.304. The fourth-order valence-electron chi connectivity index (χ4n) is 0.0816. The molecule has 0 bridgehead atoms. The zero-order valence-electron chi connectivity index (χ0n) is 4.13. The second-order valence-corrected chi connectivity index (χ2v) is 2.28. The lowest BCUT2D eigenvalue weighted by Gasteiger charge is -1.99. The maximum absolute atomic E-state index is 9.85. The van der Waals surface area contributed by atoms with E-state index < -0.39 is 10.9 Å². The first-order valence-corrected chi connectivity index (χ1v) is 2.96. The molecule has 0 amide bonds. The molecule has 0 aliphatic rings. The van der Waals surface area contributed by atoms with Gasteiger partial charge in [0, 0.05) is 13.6 Å². The highest BCUT2D eigenvalue weighted by molar-refractivity contribution is 7.69. The van der Waals surface area contributed by atoms with E-state index >= 15 is 0 Å². The average molecular weight is 122 g/mol. The second-order valence-electron chi connectivity index (χ2n) is 1.12. The van der Waals surface area contributed by atoms with Crippen LogP contribution in [0.5, 0.6) is 0 Å². The molecule has 0 rings (SSSR count). The number of hydrogen-bond donors (Lipinski definition) is 1. The van der Waals surface area contributed by atoms with Gasteiger partial charge in [0.15, 0.2) is 0 Å². The fourth-order valence-corrected chi connectivity index (χ4v) is 0.245. The molecule has 0 fully saturated rings. The minimum Gasteiger partial charge on any atom is -0.215 e. The van der Waals surface area contributed by atoms with Crippen molar-refractivity contribution in [1.29, 1.82) is 0 Å². The predicted molar refractivity (Wildman–Crippen MR) is 28.3 cm³/mol. The summed E-state index contributed by atoms with van der Waals surface area (Å²) in [6.07, 6.45) is 0. The third kappa shape index (κ3) is 2.59. The van der Waals surface area contributed by atoms with Gasteiger partial charge in [-0.2, -0.15) is 0 Å². The van der Waals surface area contributed by atoms with E-state index in [0.717, 1.165) is 4.31 Å². The third-order valence-corrected chi connectivity index (χ3v) is 1.36. The van der Waals surface area contributed by atoms with Crippen LogP contribution < -0.4 is 0 Å². The molecule has 0 aliphatic heterocycles. The normalized spacial score (nSPS) is 10.9. The van der Waals surface area contributed by atoms with Crippen LogP contribution in [0.3, 0.4) is 0 Å². The largest absolute Gasteiger partial charge is 0.215 e. The Balaban J connectivity index is 3.57. The lowest BCUT2D eigenvalue weighted by Crippen LogP contribution is -2.14. The van der Waals surface area contributed by atoms with Gasteiger partial charge in [-0.1, -0.05) is 0 Å². The van der Waals surface area contributed by atoms with E-state index in [9.17, 15) is 8.42 Å². The van der Waals surface area contributed by atoms with Crippen molar-refractivity contribution in [3.05, 3.63) is 6.92 Å². The van der Waals surface area contributed by atoms with Crippen LogP contribution in [0.1, 0.15) is 0 Å². The second kappa shape index (κ2) is 2.98. The summed E-state index contributed by atoms with van der Waals surface area (Å²) in [6, 6.07) is 0. The van der Waals surface area contributed by atoms with Crippen LogP contribution >= 0.6 is 0 Å². The van der Waals surface area contributed by atoms with E-state index in [1.807, 2.05) is 0 Å². The molecule has 0 atom stereocenters. The quantitative estimate of drug-likeness (QED) is 0.491. The van der Waals surface area contributed by atoms with E-state index in [1.165, 1.54) is 7.05 Å². The maximum atomic E-state index is 9.85. The first-order chi connectivity index (χ1) is 3.18. The SMILES string of the molecule is [CH2]CN(C)[SH](=O)=O. The van der Waals surface area contributed by atoms with Crippen LogP contribution in [0, 0.1) is 6.92 Å². The Hall–Kier alpha value is -0.0900. The van der Waals surface area contributed by atoms with Crippen molar-refractivity contribution in [2.75, 3.05) is 13.6 Å². The Kier molecular flexibility index (Phi) is 2.95. The van der Waals surface area contributed by atoms with E-state index in [-0.39, 0.29) is 0 Å². The molecule has 0 aromatic heterocycles. The summed E-state index contributed by atoms with van der Waals surface area (Å²) in [5.41, 5.74) is 0. The van der Waals surface area contributed by atoms with Crippen molar-refractivity contribution < 1.29 is 8.42 Å². The highest BCUT2D eigenvalue weighted by Gasteiger charge is 1.89. The molecular weight excluding hydrogens is 114 g/mol. The number of thiol groups is 1. The Morgan fingerprint density at radius 3 is 2.14 bits per heavy atom. The zero-order valence-corrected chi connectivity index (χ0v) is 5.02. The summed E-state index contributed by atoms with van der Waals surface area (Å²) in [5, 5.41) is 0. The molecule has 3 nitrogen and oxygen atoms in total. The van der Waals surface area contributed by atoms with Crippen LogP contribution in [-0.4, -0.2) is 26.3 Å². The molecule has 7 heavy (non-hydrogen) atoms. The van der Waals surface area contributed by atoms with Gasteiger partial charge >= 0.3 is 0 Å². The predicted octanol–water partition coefficient (Wildman–Crippen LogP) is -0.721. The lowest BCUT2D eigenvalue weighted by atomic mass is 10.8. The maximum Gasteiger partial charge on any atom is 0.203 e. The van der Waals surface area contributed by atoms with Crippen LogP contribution in [-0.2, 0) is 10.9 Å². The summed E-state index contributed by atoms with van der Waals surface area (Å²) in [6.45, 7) is 3.65. The van der Waals surface area contributed by atoms with Gasteiger partial charge in [-0.05, 0) is 6.92 Å². The third-order valence-electron chi connectivity index (χ3n) is 0.602. The molecular formula is C3H8NO2S. The van der Waals surface area contributed by atoms with Gasteiger partial charge in [-0.15, -0.1) is 0 Å². The summed E-state index contributed by atoms with van der Waals surface area (Å²) in [7, 11) is -0.920. The van der Waals surface area contributed by atoms with Gasteiger partial charge in [0.05, 0.1) is 0 Å². The highest BCUT2D eigenvalue weighted by atomic mass is 32.2. The molecule has 0 aromatic rings. The Bertz CT molecular complexity index is 102. The van der Waals surface area contributed by atoms with E-state index in [2.05, 4.69) is 6.92 Å². The first kappa shape index (κ1) is 6.91. The van der Waals surface area contributed by atoms with Gasteiger partial charge < -0.3 is 0 Å². The van der Waals surface area contributed by atoms with Crippen LogP contribution in [0.4, 0.5) is 0 Å². The highest BCUT2D eigenvalue weighted by Crippen LogP contribution is 1.74. The van der Waals surface area contributed by atoms with Crippen molar-refractivity contribution >= 4 is 10.9 Å². The van der Waals surface area contributed by atoms with Gasteiger partial charge in [-0.3, -0.25) is 0 Å². The average Bonchev–Trinajstić information content (AvgIpc) is 1.65. The van der Waals surface area contributed by atoms with Crippen molar-refractivity contribution in [2.45, 2.75) is 0 Å². The summed E-state index contributed by atoms with van der Waals surface area (Å²) in [4.78, 5) is 0. The van der Waals surface area contributed by atoms with Gasteiger partial charge in [0.2, 0.25) is 10.9 Å². The molecule has 4 heteroatoms. The first-order valence-electron chi connectivity index (χ1n) is 1.83.